The minimum Gasteiger partial charge on any atom is -0.497 e. The van der Waals surface area contributed by atoms with E-state index in [1.165, 1.54) is 6.07 Å². The van der Waals surface area contributed by atoms with E-state index in [1.807, 2.05) is 24.3 Å². The zero-order chi connectivity index (χ0) is 20.0. The summed E-state index contributed by atoms with van der Waals surface area (Å²) in [5, 5.41) is 2.39. The third kappa shape index (κ3) is 5.11. The van der Waals surface area contributed by atoms with Crippen molar-refractivity contribution in [3.63, 3.8) is 0 Å². The molecule has 1 N–H and O–H groups in total. The fourth-order valence-corrected chi connectivity index (χ4v) is 5.26. The highest BCUT2D eigenvalue weighted by molar-refractivity contribution is 7.92. The Morgan fingerprint density at radius 3 is 2.61 bits per heavy atom. The van der Waals surface area contributed by atoms with Gasteiger partial charge < -0.3 is 14.8 Å². The maximum absolute atomic E-state index is 12.7. The monoisotopic (exact) mass is 403 g/mol. The van der Waals surface area contributed by atoms with Crippen LogP contribution in [0.1, 0.15) is 31.2 Å². The number of benzene rings is 2. The van der Waals surface area contributed by atoms with Gasteiger partial charge in [-0.25, -0.2) is 8.42 Å². The topological polar surface area (TPSA) is 81.7 Å². The molecule has 0 bridgehead atoms. The minimum atomic E-state index is -3.35. The molecule has 1 aliphatic rings. The van der Waals surface area contributed by atoms with E-state index in [-0.39, 0.29) is 29.3 Å². The van der Waals surface area contributed by atoms with Crippen molar-refractivity contribution in [3.05, 3.63) is 54.1 Å². The second-order valence-corrected chi connectivity index (χ2v) is 9.10. The van der Waals surface area contributed by atoms with Crippen LogP contribution >= 0.6 is 0 Å². The van der Waals surface area contributed by atoms with Crippen molar-refractivity contribution < 1.29 is 22.7 Å². The van der Waals surface area contributed by atoms with E-state index in [9.17, 15) is 13.2 Å². The Hall–Kier alpha value is -2.38. The lowest BCUT2D eigenvalue weighted by atomic mass is 10.2. The van der Waals surface area contributed by atoms with E-state index >= 15 is 0 Å². The van der Waals surface area contributed by atoms with Crippen LogP contribution in [0.15, 0.2) is 53.4 Å². The molecule has 7 heteroatoms. The molecule has 1 aliphatic carbocycles. The van der Waals surface area contributed by atoms with E-state index in [1.54, 1.807) is 25.3 Å². The molecule has 0 radical (unpaired) electrons. The normalized spacial score (nSPS) is 14.8. The van der Waals surface area contributed by atoms with Crippen LogP contribution in [0.25, 0.3) is 0 Å². The summed E-state index contributed by atoms with van der Waals surface area (Å²) < 4.78 is 36.0. The number of carbonyl (C=O) groups excluding carboxylic acids is 1. The molecule has 150 valence electrons. The summed E-state index contributed by atoms with van der Waals surface area (Å²) in [5.41, 5.74) is 1.35. The van der Waals surface area contributed by atoms with Gasteiger partial charge >= 0.3 is 0 Å². The van der Waals surface area contributed by atoms with Gasteiger partial charge in [0.2, 0.25) is 5.91 Å². The van der Waals surface area contributed by atoms with Crippen molar-refractivity contribution in [1.82, 2.24) is 0 Å². The quantitative estimate of drug-likeness (QED) is 0.729. The van der Waals surface area contributed by atoms with E-state index < -0.39 is 9.84 Å². The Labute approximate surface area is 165 Å². The van der Waals surface area contributed by atoms with Gasteiger partial charge in [-0.15, -0.1) is 0 Å². The first-order chi connectivity index (χ1) is 13.5. The molecule has 0 heterocycles. The highest BCUT2D eigenvalue weighted by atomic mass is 32.2. The van der Waals surface area contributed by atoms with E-state index in [4.69, 9.17) is 9.47 Å². The summed E-state index contributed by atoms with van der Waals surface area (Å²) in [6.07, 6.45) is 3.31. The fourth-order valence-electron chi connectivity index (χ4n) is 3.36. The van der Waals surface area contributed by atoms with Crippen molar-refractivity contribution in [2.45, 2.75) is 42.4 Å². The highest BCUT2D eigenvalue weighted by Crippen LogP contribution is 2.30. The number of hydrogen-bond donors (Lipinski definition) is 1. The average Bonchev–Trinajstić information content (AvgIpc) is 3.24. The van der Waals surface area contributed by atoms with Gasteiger partial charge in [0.05, 0.1) is 23.9 Å². The van der Waals surface area contributed by atoms with Crippen LogP contribution in [0.5, 0.6) is 5.75 Å². The van der Waals surface area contributed by atoms with Crippen LogP contribution in [0, 0.1) is 0 Å². The SMILES string of the molecule is COc1cccc(COCC(=O)Nc2cccc(S(=O)(=O)C3CCCC3)c2)c1. The summed E-state index contributed by atoms with van der Waals surface area (Å²) in [6.45, 7) is 0.150. The molecule has 0 aliphatic heterocycles. The van der Waals surface area contributed by atoms with Crippen LogP contribution in [-0.4, -0.2) is 33.3 Å². The van der Waals surface area contributed by atoms with Crippen molar-refractivity contribution in [2.75, 3.05) is 19.0 Å². The van der Waals surface area contributed by atoms with Gasteiger partial charge in [0, 0.05) is 5.69 Å². The molecular formula is C21H25NO5S. The van der Waals surface area contributed by atoms with Crippen LogP contribution < -0.4 is 10.1 Å². The number of carbonyl (C=O) groups is 1. The summed E-state index contributed by atoms with van der Waals surface area (Å²) in [7, 11) is -1.76. The Kier molecular flexibility index (Phi) is 6.70. The number of methoxy groups -OCH3 is 1. The van der Waals surface area contributed by atoms with Crippen molar-refractivity contribution in [2.24, 2.45) is 0 Å². The number of ether oxygens (including phenoxy) is 2. The molecule has 0 spiro atoms. The van der Waals surface area contributed by atoms with Gasteiger partial charge in [-0.2, -0.15) is 0 Å². The number of sulfone groups is 1. The standard InChI is InChI=1S/C21H25NO5S/c1-26-18-8-4-6-16(12-18)14-27-15-21(23)22-17-7-5-11-20(13-17)28(24,25)19-9-2-3-10-19/h4-8,11-13,19H,2-3,9-10,14-15H2,1H3,(H,22,23). The molecule has 0 aromatic heterocycles. The van der Waals surface area contributed by atoms with Crippen LogP contribution in [0.2, 0.25) is 0 Å². The molecule has 0 atom stereocenters. The van der Waals surface area contributed by atoms with Gasteiger partial charge in [-0.1, -0.05) is 31.0 Å². The van der Waals surface area contributed by atoms with Crippen LogP contribution in [0.4, 0.5) is 5.69 Å². The third-order valence-corrected chi connectivity index (χ3v) is 7.08. The van der Waals surface area contributed by atoms with Gasteiger partial charge in [0.1, 0.15) is 12.4 Å². The predicted molar refractivity (Wildman–Crippen MR) is 107 cm³/mol. The van der Waals surface area contributed by atoms with E-state index in [0.29, 0.717) is 18.5 Å². The molecule has 0 saturated heterocycles. The average molecular weight is 404 g/mol. The lowest BCUT2D eigenvalue weighted by Crippen LogP contribution is -2.20. The number of amides is 1. The number of hydrogen-bond acceptors (Lipinski definition) is 5. The first-order valence-corrected chi connectivity index (χ1v) is 10.9. The lowest BCUT2D eigenvalue weighted by molar-refractivity contribution is -0.121. The van der Waals surface area contributed by atoms with E-state index in [2.05, 4.69) is 5.32 Å². The molecular weight excluding hydrogens is 378 g/mol. The molecule has 2 aromatic rings. The van der Waals surface area contributed by atoms with Crippen LogP contribution in [0.3, 0.4) is 0 Å². The largest absolute Gasteiger partial charge is 0.497 e. The minimum absolute atomic E-state index is 0.128. The number of anilines is 1. The highest BCUT2D eigenvalue weighted by Gasteiger charge is 2.30. The zero-order valence-electron chi connectivity index (χ0n) is 15.9. The summed E-state index contributed by atoms with van der Waals surface area (Å²) >= 11 is 0. The van der Waals surface area contributed by atoms with Gasteiger partial charge in [-0.05, 0) is 48.7 Å². The second kappa shape index (κ2) is 9.21. The second-order valence-electron chi connectivity index (χ2n) is 6.87. The Morgan fingerprint density at radius 1 is 1.11 bits per heavy atom. The van der Waals surface area contributed by atoms with Crippen molar-refractivity contribution >= 4 is 21.4 Å². The Morgan fingerprint density at radius 2 is 1.86 bits per heavy atom. The fraction of sp³-hybridized carbons (Fsp3) is 0.381. The first-order valence-electron chi connectivity index (χ1n) is 9.33. The number of nitrogens with one attached hydrogen (secondary N) is 1. The molecule has 1 saturated carbocycles. The maximum Gasteiger partial charge on any atom is 0.250 e. The van der Waals surface area contributed by atoms with Crippen molar-refractivity contribution in [1.29, 1.82) is 0 Å². The van der Waals surface area contributed by atoms with Gasteiger partial charge in [0.15, 0.2) is 9.84 Å². The molecule has 6 nitrogen and oxygen atoms in total. The summed E-state index contributed by atoms with van der Waals surface area (Å²) in [5.74, 6) is 0.393. The molecule has 1 amide bonds. The van der Waals surface area contributed by atoms with Crippen molar-refractivity contribution in [3.8, 4) is 5.75 Å². The van der Waals surface area contributed by atoms with Gasteiger partial charge in [0.25, 0.3) is 0 Å². The molecule has 28 heavy (non-hydrogen) atoms. The Bertz CT molecular complexity index is 920. The smallest absolute Gasteiger partial charge is 0.250 e. The Balaban J connectivity index is 1.55. The number of rotatable bonds is 8. The third-order valence-electron chi connectivity index (χ3n) is 4.82. The lowest BCUT2D eigenvalue weighted by Gasteiger charge is -2.13. The summed E-state index contributed by atoms with van der Waals surface area (Å²) in [6, 6.07) is 13.8. The van der Waals surface area contributed by atoms with E-state index in [0.717, 1.165) is 24.2 Å². The molecule has 3 rings (SSSR count). The maximum atomic E-state index is 12.7. The zero-order valence-corrected chi connectivity index (χ0v) is 16.7. The molecule has 2 aromatic carbocycles. The molecule has 0 unspecified atom stereocenters. The van der Waals surface area contributed by atoms with Crippen LogP contribution in [-0.2, 0) is 26.0 Å². The predicted octanol–water partition coefficient (Wildman–Crippen LogP) is 3.57. The summed E-state index contributed by atoms with van der Waals surface area (Å²) in [4.78, 5) is 12.4. The first kappa shape index (κ1) is 20.4. The molecule has 1 fully saturated rings. The van der Waals surface area contributed by atoms with Gasteiger partial charge in [-0.3, -0.25) is 4.79 Å².